The minimum Gasteiger partial charge on any atom is -0.490 e. The smallest absolute Gasteiger partial charge is 0.407 e. The monoisotopic (exact) mass is 420 g/mol. The van der Waals surface area contributed by atoms with Gasteiger partial charge in [-0.1, -0.05) is 42.0 Å². The van der Waals surface area contributed by atoms with E-state index < -0.39 is 6.09 Å². The Balaban J connectivity index is 1.35. The van der Waals surface area contributed by atoms with Crippen LogP contribution in [-0.2, 0) is 24.9 Å². The van der Waals surface area contributed by atoms with Crippen LogP contribution in [0, 0.1) is 0 Å². The Kier molecular flexibility index (Phi) is 6.82. The molecule has 7 nitrogen and oxygen atoms in total. The average molecular weight is 421 g/mol. The Morgan fingerprint density at radius 3 is 2.55 bits per heavy atom. The number of alkyl carbamates (subject to hydrolysis) is 1. The second-order valence-electron chi connectivity index (χ2n) is 7.83. The summed E-state index contributed by atoms with van der Waals surface area (Å²) in [7, 11) is 1.81. The van der Waals surface area contributed by atoms with Gasteiger partial charge in [-0.05, 0) is 55.5 Å². The lowest BCUT2D eigenvalue weighted by atomic mass is 9.98. The molecule has 4 rings (SSSR count). The molecule has 0 saturated heterocycles. The van der Waals surface area contributed by atoms with Crippen molar-refractivity contribution < 1.29 is 14.3 Å². The van der Waals surface area contributed by atoms with Crippen LogP contribution in [0.2, 0.25) is 0 Å². The van der Waals surface area contributed by atoms with E-state index in [9.17, 15) is 4.79 Å². The Hall–Kier alpha value is -3.35. The number of amides is 1. The van der Waals surface area contributed by atoms with Crippen LogP contribution in [0.5, 0.6) is 5.75 Å². The van der Waals surface area contributed by atoms with E-state index in [0.29, 0.717) is 6.10 Å². The summed E-state index contributed by atoms with van der Waals surface area (Å²) in [6, 6.07) is 17.5. The van der Waals surface area contributed by atoms with Gasteiger partial charge < -0.3 is 14.8 Å². The van der Waals surface area contributed by atoms with Gasteiger partial charge in [0, 0.05) is 12.6 Å². The third-order valence-corrected chi connectivity index (χ3v) is 5.54. The van der Waals surface area contributed by atoms with Gasteiger partial charge in [0.15, 0.2) is 0 Å². The minimum absolute atomic E-state index is 0.228. The van der Waals surface area contributed by atoms with Gasteiger partial charge in [0.05, 0.1) is 18.3 Å². The average Bonchev–Trinajstić information content (AvgIpc) is 3.18. The van der Waals surface area contributed by atoms with Gasteiger partial charge >= 0.3 is 6.09 Å². The van der Waals surface area contributed by atoms with Gasteiger partial charge in [-0.15, -0.1) is 5.10 Å². The highest BCUT2D eigenvalue weighted by Gasteiger charge is 2.17. The molecule has 0 aliphatic heterocycles. The molecule has 0 bridgehead atoms. The molecule has 0 atom stereocenters. The van der Waals surface area contributed by atoms with Crippen molar-refractivity contribution in [2.24, 2.45) is 7.05 Å². The van der Waals surface area contributed by atoms with Crippen molar-refractivity contribution in [3.05, 3.63) is 65.9 Å². The summed E-state index contributed by atoms with van der Waals surface area (Å²) in [6.07, 6.45) is 5.88. The molecule has 1 aromatic heterocycles. The van der Waals surface area contributed by atoms with Crippen LogP contribution in [0.25, 0.3) is 11.3 Å². The number of benzene rings is 2. The van der Waals surface area contributed by atoms with E-state index in [1.807, 2.05) is 61.6 Å². The number of carbonyl (C=O) groups excluding carboxylic acids is 1. The highest BCUT2D eigenvalue weighted by atomic mass is 16.5. The van der Waals surface area contributed by atoms with E-state index >= 15 is 0 Å². The topological polar surface area (TPSA) is 78.3 Å². The van der Waals surface area contributed by atoms with Crippen molar-refractivity contribution in [3.63, 3.8) is 0 Å². The highest BCUT2D eigenvalue weighted by molar-refractivity contribution is 5.68. The predicted octanol–water partition coefficient (Wildman–Crippen LogP) is 4.62. The molecule has 1 aliphatic carbocycles. The molecule has 0 spiro atoms. The number of carbonyl (C=O) groups is 1. The molecule has 0 radical (unpaired) electrons. The fourth-order valence-electron chi connectivity index (χ4n) is 3.80. The molecular formula is C24H28N4O3. The molecular weight excluding hydrogens is 392 g/mol. The number of ether oxygens (including phenoxy) is 2. The molecule has 2 aromatic carbocycles. The maximum atomic E-state index is 12.1. The summed E-state index contributed by atoms with van der Waals surface area (Å²) in [5.41, 5.74) is 3.40. The zero-order valence-corrected chi connectivity index (χ0v) is 17.8. The molecule has 31 heavy (non-hydrogen) atoms. The zero-order chi connectivity index (χ0) is 21.5. The van der Waals surface area contributed by atoms with Gasteiger partial charge in [0.2, 0.25) is 0 Å². The van der Waals surface area contributed by atoms with Crippen molar-refractivity contribution >= 4 is 6.09 Å². The summed E-state index contributed by atoms with van der Waals surface area (Å²) < 4.78 is 13.1. The van der Waals surface area contributed by atoms with E-state index in [1.165, 1.54) is 19.3 Å². The first-order chi connectivity index (χ1) is 15.2. The fourth-order valence-corrected chi connectivity index (χ4v) is 3.80. The lowest BCUT2D eigenvalue weighted by Crippen LogP contribution is -2.25. The second-order valence-corrected chi connectivity index (χ2v) is 7.83. The van der Waals surface area contributed by atoms with Crippen LogP contribution in [0.15, 0.2) is 54.6 Å². The zero-order valence-electron chi connectivity index (χ0n) is 17.8. The lowest BCUT2D eigenvalue weighted by molar-refractivity contribution is 0.139. The maximum absolute atomic E-state index is 12.1. The van der Waals surface area contributed by atoms with Crippen molar-refractivity contribution in [1.82, 2.24) is 20.3 Å². The third kappa shape index (κ3) is 5.63. The Bertz CT molecular complexity index is 980. The van der Waals surface area contributed by atoms with Crippen LogP contribution < -0.4 is 10.1 Å². The van der Waals surface area contributed by atoms with E-state index in [2.05, 4.69) is 15.6 Å². The number of nitrogens with zero attached hydrogens (tertiary/aromatic N) is 3. The molecule has 1 aliphatic rings. The second kappa shape index (κ2) is 10.1. The Labute approximate surface area is 182 Å². The first kappa shape index (κ1) is 20.9. The van der Waals surface area contributed by atoms with Crippen LogP contribution in [0.1, 0.15) is 43.4 Å². The molecule has 162 valence electrons. The molecule has 1 N–H and O–H groups in total. The van der Waals surface area contributed by atoms with Crippen LogP contribution >= 0.6 is 0 Å². The quantitative estimate of drug-likeness (QED) is 0.603. The van der Waals surface area contributed by atoms with E-state index in [1.54, 1.807) is 4.68 Å². The molecule has 1 fully saturated rings. The van der Waals surface area contributed by atoms with E-state index in [0.717, 1.165) is 41.1 Å². The number of aryl methyl sites for hydroxylation is 1. The van der Waals surface area contributed by atoms with Crippen LogP contribution in [-0.4, -0.2) is 27.2 Å². The van der Waals surface area contributed by atoms with E-state index in [4.69, 9.17) is 9.47 Å². The molecule has 3 aromatic rings. The number of hydrogen-bond donors (Lipinski definition) is 1. The largest absolute Gasteiger partial charge is 0.490 e. The van der Waals surface area contributed by atoms with Crippen LogP contribution in [0.3, 0.4) is 0 Å². The summed E-state index contributed by atoms with van der Waals surface area (Å²) in [4.78, 5) is 12.1. The number of nitrogens with one attached hydrogen (secondary N) is 1. The molecule has 1 heterocycles. The molecule has 1 amide bonds. The highest BCUT2D eigenvalue weighted by Crippen LogP contribution is 2.27. The molecule has 7 heteroatoms. The van der Waals surface area contributed by atoms with Gasteiger partial charge in [-0.25, -0.2) is 9.48 Å². The molecule has 0 unspecified atom stereocenters. The van der Waals surface area contributed by atoms with Crippen LogP contribution in [0.4, 0.5) is 4.79 Å². The van der Waals surface area contributed by atoms with Gasteiger partial charge in [0.1, 0.15) is 18.1 Å². The van der Waals surface area contributed by atoms with Gasteiger partial charge in [-0.2, -0.15) is 0 Å². The first-order valence-electron chi connectivity index (χ1n) is 10.8. The minimum atomic E-state index is -0.479. The summed E-state index contributed by atoms with van der Waals surface area (Å²) in [6.45, 7) is 0.498. The van der Waals surface area contributed by atoms with Crippen molar-refractivity contribution in [2.45, 2.75) is 51.4 Å². The third-order valence-electron chi connectivity index (χ3n) is 5.54. The summed E-state index contributed by atoms with van der Waals surface area (Å²) in [5, 5.41) is 11.2. The predicted molar refractivity (Wildman–Crippen MR) is 117 cm³/mol. The van der Waals surface area contributed by atoms with Crippen molar-refractivity contribution in [2.75, 3.05) is 0 Å². The van der Waals surface area contributed by atoms with Gasteiger partial charge in [-0.3, -0.25) is 0 Å². The SMILES string of the molecule is Cn1nnc(-c2ccc(OC3CCCCC3)cc2)c1CNC(=O)OCc1ccccc1. The number of aromatic nitrogens is 3. The molecule has 1 saturated carbocycles. The van der Waals surface area contributed by atoms with Crippen molar-refractivity contribution in [1.29, 1.82) is 0 Å². The summed E-state index contributed by atoms with van der Waals surface area (Å²) >= 11 is 0. The van der Waals surface area contributed by atoms with E-state index in [-0.39, 0.29) is 13.2 Å². The summed E-state index contributed by atoms with van der Waals surface area (Å²) in [5.74, 6) is 0.878. The Morgan fingerprint density at radius 1 is 1.06 bits per heavy atom. The fraction of sp³-hybridized carbons (Fsp3) is 0.375. The standard InChI is InChI=1S/C24H28N4O3/c1-28-22(16-25-24(29)30-17-18-8-4-2-5-9-18)23(26-27-28)19-12-14-21(15-13-19)31-20-10-6-3-7-11-20/h2,4-5,8-9,12-15,20H,3,6-7,10-11,16-17H2,1H3,(H,25,29). The first-order valence-corrected chi connectivity index (χ1v) is 10.8. The lowest BCUT2D eigenvalue weighted by Gasteiger charge is -2.23. The number of hydrogen-bond acceptors (Lipinski definition) is 5. The Morgan fingerprint density at radius 2 is 1.81 bits per heavy atom. The van der Waals surface area contributed by atoms with Crippen molar-refractivity contribution in [3.8, 4) is 17.0 Å². The normalized spacial score (nSPS) is 14.2. The maximum Gasteiger partial charge on any atom is 0.407 e. The number of rotatable bonds is 7. The van der Waals surface area contributed by atoms with Gasteiger partial charge in [0.25, 0.3) is 0 Å².